The number of hydrogen-bond acceptors (Lipinski definition) is 1. The van der Waals surface area contributed by atoms with E-state index < -0.39 is 0 Å². The molecule has 0 saturated heterocycles. The zero-order valence-electron chi connectivity index (χ0n) is 9.53. The summed E-state index contributed by atoms with van der Waals surface area (Å²) >= 11 is 0. The molecule has 2 nitrogen and oxygen atoms in total. The molecule has 16 heavy (non-hydrogen) atoms. The third kappa shape index (κ3) is 1.46. The summed E-state index contributed by atoms with van der Waals surface area (Å²) in [6.45, 7) is 2.10. The molecule has 2 heteroatoms. The first-order valence-corrected chi connectivity index (χ1v) is 5.80. The van der Waals surface area contributed by atoms with Gasteiger partial charge in [0.05, 0.1) is 0 Å². The van der Waals surface area contributed by atoms with Crippen LogP contribution in [0.2, 0.25) is 0 Å². The van der Waals surface area contributed by atoms with Gasteiger partial charge in [-0.3, -0.25) is 0 Å². The zero-order chi connectivity index (χ0) is 11.0. The van der Waals surface area contributed by atoms with Crippen LogP contribution in [0.1, 0.15) is 11.3 Å². The molecule has 0 spiro atoms. The minimum atomic E-state index is 0.999. The molecule has 0 saturated carbocycles. The summed E-state index contributed by atoms with van der Waals surface area (Å²) in [5.41, 5.74) is 5.57. The molecular weight excluding hydrogens is 196 g/mol. The van der Waals surface area contributed by atoms with Gasteiger partial charge in [-0.2, -0.15) is 0 Å². The van der Waals surface area contributed by atoms with Crippen molar-refractivity contribution in [1.29, 1.82) is 0 Å². The third-order valence-corrected chi connectivity index (χ3v) is 3.38. The Kier molecular flexibility index (Phi) is 2.29. The van der Waals surface area contributed by atoms with Crippen LogP contribution in [0.5, 0.6) is 0 Å². The molecule has 0 fully saturated rings. The molecule has 0 radical (unpaired) electrons. The molecule has 3 rings (SSSR count). The highest BCUT2D eigenvalue weighted by atomic mass is 15.0. The summed E-state index contributed by atoms with van der Waals surface area (Å²) in [7, 11) is 2.16. The molecule has 0 amide bonds. The van der Waals surface area contributed by atoms with Crippen LogP contribution in [0.15, 0.2) is 36.4 Å². The Hall–Kier alpha value is -1.54. The summed E-state index contributed by atoms with van der Waals surface area (Å²) in [6, 6.07) is 12.9. The summed E-state index contributed by atoms with van der Waals surface area (Å²) < 4.78 is 2.32. The van der Waals surface area contributed by atoms with E-state index in [1.807, 2.05) is 0 Å². The highest BCUT2D eigenvalue weighted by molar-refractivity contribution is 5.62. The van der Waals surface area contributed by atoms with Crippen molar-refractivity contribution in [2.75, 3.05) is 6.54 Å². The molecule has 0 unspecified atom stereocenters. The maximum Gasteiger partial charge on any atom is 0.0483 e. The number of hydrogen-bond donors (Lipinski definition) is 1. The van der Waals surface area contributed by atoms with Gasteiger partial charge in [-0.15, -0.1) is 0 Å². The van der Waals surface area contributed by atoms with Crippen LogP contribution in [0.4, 0.5) is 0 Å². The monoisotopic (exact) mass is 212 g/mol. The minimum Gasteiger partial charge on any atom is -0.346 e. The van der Waals surface area contributed by atoms with Crippen LogP contribution in [0, 0.1) is 0 Å². The largest absolute Gasteiger partial charge is 0.346 e. The lowest BCUT2D eigenvalue weighted by Gasteiger charge is -2.15. The van der Waals surface area contributed by atoms with Gasteiger partial charge in [-0.1, -0.05) is 30.3 Å². The number of nitrogens with zero attached hydrogens (tertiary/aromatic N) is 1. The minimum absolute atomic E-state index is 0.999. The van der Waals surface area contributed by atoms with E-state index in [4.69, 9.17) is 0 Å². The van der Waals surface area contributed by atoms with Gasteiger partial charge in [0, 0.05) is 25.0 Å². The molecule has 1 aliphatic rings. The first-order chi connectivity index (χ1) is 7.86. The molecule has 2 heterocycles. The molecule has 0 atom stereocenters. The SMILES string of the molecule is Cn1c(-c2ccccc2)cc2c1CNCC2. The average Bonchev–Trinajstić information content (AvgIpc) is 2.69. The van der Waals surface area contributed by atoms with E-state index in [-0.39, 0.29) is 0 Å². The Morgan fingerprint density at radius 1 is 1.19 bits per heavy atom. The maximum absolute atomic E-state index is 3.43. The predicted octanol–water partition coefficient (Wildman–Crippen LogP) is 2.34. The molecule has 0 aliphatic carbocycles. The van der Waals surface area contributed by atoms with Crippen LogP contribution in [-0.4, -0.2) is 11.1 Å². The highest BCUT2D eigenvalue weighted by Gasteiger charge is 2.15. The van der Waals surface area contributed by atoms with E-state index >= 15 is 0 Å². The van der Waals surface area contributed by atoms with Crippen LogP contribution >= 0.6 is 0 Å². The van der Waals surface area contributed by atoms with Crippen molar-refractivity contribution < 1.29 is 0 Å². The summed E-state index contributed by atoms with van der Waals surface area (Å²) in [6.07, 6.45) is 1.15. The zero-order valence-corrected chi connectivity index (χ0v) is 9.53. The van der Waals surface area contributed by atoms with Crippen molar-refractivity contribution in [3.8, 4) is 11.3 Å². The van der Waals surface area contributed by atoms with Gasteiger partial charge in [0.15, 0.2) is 0 Å². The Balaban J connectivity index is 2.12. The lowest BCUT2D eigenvalue weighted by Crippen LogP contribution is -2.24. The first kappa shape index (κ1) is 9.67. The summed E-state index contributed by atoms with van der Waals surface area (Å²) in [5, 5.41) is 3.43. The number of benzene rings is 1. The van der Waals surface area contributed by atoms with Gasteiger partial charge in [0.25, 0.3) is 0 Å². The number of rotatable bonds is 1. The summed E-state index contributed by atoms with van der Waals surface area (Å²) in [4.78, 5) is 0. The smallest absolute Gasteiger partial charge is 0.0483 e. The van der Waals surface area contributed by atoms with Crippen LogP contribution in [-0.2, 0) is 20.0 Å². The molecular formula is C14H16N2. The Bertz CT molecular complexity index is 497. The van der Waals surface area contributed by atoms with Gasteiger partial charge in [-0.25, -0.2) is 0 Å². The predicted molar refractivity (Wildman–Crippen MR) is 66.3 cm³/mol. The summed E-state index contributed by atoms with van der Waals surface area (Å²) in [5.74, 6) is 0. The number of aromatic nitrogens is 1. The molecule has 1 aromatic carbocycles. The van der Waals surface area contributed by atoms with Crippen molar-refractivity contribution in [1.82, 2.24) is 9.88 Å². The van der Waals surface area contributed by atoms with E-state index in [2.05, 4.69) is 53.3 Å². The van der Waals surface area contributed by atoms with E-state index in [1.165, 1.54) is 22.5 Å². The van der Waals surface area contributed by atoms with Crippen LogP contribution < -0.4 is 5.32 Å². The Morgan fingerprint density at radius 2 is 2.00 bits per heavy atom. The van der Waals surface area contributed by atoms with Crippen molar-refractivity contribution in [3.05, 3.63) is 47.7 Å². The molecule has 1 aliphatic heterocycles. The normalized spacial score (nSPS) is 14.8. The molecule has 2 aromatic rings. The standard InChI is InChI=1S/C14H16N2/c1-16-13(11-5-3-2-4-6-11)9-12-7-8-15-10-14(12)16/h2-6,9,15H,7-8,10H2,1H3. The van der Waals surface area contributed by atoms with Gasteiger partial charge in [0.2, 0.25) is 0 Å². The average molecular weight is 212 g/mol. The van der Waals surface area contributed by atoms with E-state index in [0.717, 1.165) is 19.5 Å². The quantitative estimate of drug-likeness (QED) is 0.767. The lowest BCUT2D eigenvalue weighted by atomic mass is 10.1. The van der Waals surface area contributed by atoms with Gasteiger partial charge >= 0.3 is 0 Å². The fourth-order valence-corrected chi connectivity index (χ4v) is 2.47. The first-order valence-electron chi connectivity index (χ1n) is 5.80. The van der Waals surface area contributed by atoms with Crippen molar-refractivity contribution >= 4 is 0 Å². The maximum atomic E-state index is 3.43. The molecule has 82 valence electrons. The van der Waals surface area contributed by atoms with E-state index in [9.17, 15) is 0 Å². The van der Waals surface area contributed by atoms with Gasteiger partial charge in [-0.05, 0) is 30.2 Å². The van der Waals surface area contributed by atoms with Crippen molar-refractivity contribution in [3.63, 3.8) is 0 Å². The van der Waals surface area contributed by atoms with E-state index in [1.54, 1.807) is 0 Å². The lowest BCUT2D eigenvalue weighted by molar-refractivity contribution is 0.611. The molecule has 1 N–H and O–H groups in total. The second-order valence-corrected chi connectivity index (χ2v) is 4.35. The van der Waals surface area contributed by atoms with Crippen molar-refractivity contribution in [2.45, 2.75) is 13.0 Å². The second-order valence-electron chi connectivity index (χ2n) is 4.35. The fraction of sp³-hybridized carbons (Fsp3) is 0.286. The molecule has 1 aromatic heterocycles. The number of nitrogens with one attached hydrogen (secondary N) is 1. The fourth-order valence-electron chi connectivity index (χ4n) is 2.47. The van der Waals surface area contributed by atoms with Gasteiger partial charge in [0.1, 0.15) is 0 Å². The topological polar surface area (TPSA) is 17.0 Å². The highest BCUT2D eigenvalue weighted by Crippen LogP contribution is 2.26. The third-order valence-electron chi connectivity index (χ3n) is 3.38. The number of fused-ring (bicyclic) bond motifs is 1. The second kappa shape index (κ2) is 3.80. The van der Waals surface area contributed by atoms with Gasteiger partial charge < -0.3 is 9.88 Å². The Morgan fingerprint density at radius 3 is 2.75 bits per heavy atom. The van der Waals surface area contributed by atoms with E-state index in [0.29, 0.717) is 0 Å². The van der Waals surface area contributed by atoms with Crippen molar-refractivity contribution in [2.24, 2.45) is 7.05 Å². The van der Waals surface area contributed by atoms with Crippen LogP contribution in [0.3, 0.4) is 0 Å². The molecule has 0 bridgehead atoms. The van der Waals surface area contributed by atoms with Crippen LogP contribution in [0.25, 0.3) is 11.3 Å². The Labute approximate surface area is 95.9 Å².